The average molecular weight is 825 g/mol. The van der Waals surface area contributed by atoms with Gasteiger partial charge in [-0.2, -0.15) is 0 Å². The number of quaternary nitrogens is 1. The topological polar surface area (TPSA) is 166 Å². The molecule has 1 saturated carbocycles. The molecule has 2 N–H and O–H groups in total. The molecule has 4 fully saturated rings. The number of hydrogen-bond acceptors (Lipinski definition) is 12. The number of anilines is 1. The van der Waals surface area contributed by atoms with Crippen LogP contribution in [0.5, 0.6) is 5.75 Å². The summed E-state index contributed by atoms with van der Waals surface area (Å²) < 4.78 is 30.0. The van der Waals surface area contributed by atoms with Gasteiger partial charge in [0.05, 0.1) is 40.5 Å². The Morgan fingerprint density at radius 1 is 1.05 bits per heavy atom. The van der Waals surface area contributed by atoms with Crippen molar-refractivity contribution in [3.63, 3.8) is 0 Å². The van der Waals surface area contributed by atoms with Crippen LogP contribution in [0.2, 0.25) is 0 Å². The first kappa shape index (κ1) is 39.7. The number of fused-ring (bicyclic) bond motifs is 8. The Labute approximate surface area is 349 Å². The highest BCUT2D eigenvalue weighted by Gasteiger charge is 2.80. The zero-order valence-corrected chi connectivity index (χ0v) is 35.5. The summed E-state index contributed by atoms with van der Waals surface area (Å²) in [6.45, 7) is 7.64. The van der Waals surface area contributed by atoms with Crippen molar-refractivity contribution >= 4 is 34.5 Å². The Hall–Kier alpha value is -4.47. The SMILES string of the molecule is CCC12C[N+]3([O-])CCc4c([nH]c5ccccc45)[C@@](C(=O)OC)(c4cc5c(cc4OC)N(C)C4[C@@]56CCN5CC=C[C@@](CC)(C56)[C@H](OC(C)=O)[C@@]4(O)C(=O)OC)CC(C3)C1O2. The second-order valence-corrected chi connectivity index (χ2v) is 18.7. The van der Waals surface area contributed by atoms with E-state index in [-0.39, 0.29) is 24.5 Å². The third-order valence-corrected chi connectivity index (χ3v) is 16.3. The second kappa shape index (κ2) is 13.0. The molecular formula is C46H56N4O10. The van der Waals surface area contributed by atoms with Crippen LogP contribution in [0.1, 0.15) is 68.8 Å². The van der Waals surface area contributed by atoms with E-state index in [1.165, 1.54) is 21.1 Å². The first-order chi connectivity index (χ1) is 28.7. The molecule has 2 bridgehead atoms. The molecule has 11 atom stereocenters. The zero-order valence-electron chi connectivity index (χ0n) is 35.5. The Balaban J connectivity index is 1.28. The van der Waals surface area contributed by atoms with Crippen LogP contribution in [0.15, 0.2) is 48.6 Å². The number of hydroxylamine groups is 3. The molecule has 2 aromatic carbocycles. The average Bonchev–Trinajstić information content (AvgIpc) is 3.51. The van der Waals surface area contributed by atoms with Gasteiger partial charge >= 0.3 is 17.9 Å². The van der Waals surface area contributed by atoms with Gasteiger partial charge in [-0.3, -0.25) is 14.5 Å². The van der Waals surface area contributed by atoms with Crippen LogP contribution in [0, 0.1) is 16.5 Å². The Bertz CT molecular complexity index is 2360. The lowest BCUT2D eigenvalue weighted by molar-refractivity contribution is -0.890. The lowest BCUT2D eigenvalue weighted by atomic mass is 9.47. The van der Waals surface area contributed by atoms with Gasteiger partial charge in [0.15, 0.2) is 6.10 Å². The number of para-hydroxylation sites is 1. The molecule has 3 saturated heterocycles. The van der Waals surface area contributed by atoms with Crippen molar-refractivity contribution in [2.75, 3.05) is 66.0 Å². The fraction of sp³-hybridized carbons (Fsp3) is 0.587. The van der Waals surface area contributed by atoms with Gasteiger partial charge in [-0.1, -0.05) is 44.2 Å². The summed E-state index contributed by atoms with van der Waals surface area (Å²) in [5.74, 6) is -1.88. The third-order valence-electron chi connectivity index (χ3n) is 16.3. The minimum absolute atomic E-state index is 0.207. The fourth-order valence-corrected chi connectivity index (χ4v) is 14.1. The molecule has 1 aromatic heterocycles. The summed E-state index contributed by atoms with van der Waals surface area (Å²) in [4.78, 5) is 50.9. The van der Waals surface area contributed by atoms with Crippen molar-refractivity contribution in [1.82, 2.24) is 9.88 Å². The van der Waals surface area contributed by atoms with E-state index in [2.05, 4.69) is 22.9 Å². The molecule has 60 heavy (non-hydrogen) atoms. The van der Waals surface area contributed by atoms with Crippen molar-refractivity contribution in [1.29, 1.82) is 0 Å². The summed E-state index contributed by atoms with van der Waals surface area (Å²) in [5, 5.41) is 29.2. The fourth-order valence-electron chi connectivity index (χ4n) is 14.1. The molecule has 14 heteroatoms. The number of piperidine rings is 1. The van der Waals surface area contributed by atoms with Gasteiger partial charge in [-0.25, -0.2) is 4.79 Å². The van der Waals surface area contributed by atoms with E-state index in [0.717, 1.165) is 27.7 Å². The number of benzene rings is 2. The summed E-state index contributed by atoms with van der Waals surface area (Å²) in [6.07, 6.45) is 4.93. The summed E-state index contributed by atoms with van der Waals surface area (Å²) in [5.41, 5.74) is -1.80. The minimum atomic E-state index is -2.32. The van der Waals surface area contributed by atoms with Crippen LogP contribution >= 0.6 is 0 Å². The predicted molar refractivity (Wildman–Crippen MR) is 220 cm³/mol. The Kier molecular flexibility index (Phi) is 8.61. The van der Waals surface area contributed by atoms with Gasteiger partial charge in [-0.05, 0) is 55.5 Å². The number of ether oxygens (including phenoxy) is 5. The number of nitrogens with zero attached hydrogens (tertiary/aromatic N) is 3. The Morgan fingerprint density at radius 2 is 1.82 bits per heavy atom. The number of carbonyl (C=O) groups is 3. The number of aromatic nitrogens is 1. The van der Waals surface area contributed by atoms with Gasteiger partial charge in [0.1, 0.15) is 29.4 Å². The number of aliphatic hydroxyl groups is 1. The van der Waals surface area contributed by atoms with Gasteiger partial charge in [0.25, 0.3) is 0 Å². The monoisotopic (exact) mass is 824 g/mol. The lowest BCUT2D eigenvalue weighted by Crippen LogP contribution is -2.81. The van der Waals surface area contributed by atoms with Crippen molar-refractivity contribution in [2.45, 2.75) is 99.2 Å². The van der Waals surface area contributed by atoms with Crippen molar-refractivity contribution < 1.29 is 47.8 Å². The predicted octanol–water partition coefficient (Wildman–Crippen LogP) is 4.02. The first-order valence-electron chi connectivity index (χ1n) is 21.5. The van der Waals surface area contributed by atoms with E-state index in [9.17, 15) is 19.9 Å². The summed E-state index contributed by atoms with van der Waals surface area (Å²) >= 11 is 0. The van der Waals surface area contributed by atoms with Gasteiger partial charge in [0.2, 0.25) is 5.60 Å². The maximum atomic E-state index is 15.4. The van der Waals surface area contributed by atoms with Crippen molar-refractivity contribution in [2.24, 2.45) is 11.3 Å². The van der Waals surface area contributed by atoms with Crippen LogP contribution in [-0.4, -0.2) is 134 Å². The van der Waals surface area contributed by atoms with Gasteiger partial charge in [0, 0.05) is 83.6 Å². The molecule has 7 aliphatic rings. The molecule has 1 spiro atoms. The van der Waals surface area contributed by atoms with Crippen LogP contribution in [-0.2, 0) is 50.6 Å². The lowest BCUT2D eigenvalue weighted by Gasteiger charge is -2.63. The van der Waals surface area contributed by atoms with Gasteiger partial charge in [-0.15, -0.1) is 0 Å². The number of methoxy groups -OCH3 is 3. The maximum Gasteiger partial charge on any atom is 0.344 e. The molecule has 6 unspecified atom stereocenters. The number of likely N-dealkylation sites (N-methyl/N-ethyl adjacent to an activating group) is 1. The first-order valence-corrected chi connectivity index (χ1v) is 21.5. The molecule has 1 aliphatic carbocycles. The van der Waals surface area contributed by atoms with Crippen LogP contribution in [0.25, 0.3) is 10.9 Å². The number of aromatic amines is 1. The molecule has 0 amide bonds. The van der Waals surface area contributed by atoms with Crippen molar-refractivity contribution in [3.8, 4) is 5.75 Å². The molecule has 320 valence electrons. The largest absolute Gasteiger partial charge is 0.633 e. The number of epoxide rings is 1. The Morgan fingerprint density at radius 3 is 2.52 bits per heavy atom. The minimum Gasteiger partial charge on any atom is -0.633 e. The van der Waals surface area contributed by atoms with E-state index < -0.39 is 62.1 Å². The number of esters is 3. The number of carbonyl (C=O) groups excluding carboxylic acids is 3. The summed E-state index contributed by atoms with van der Waals surface area (Å²) in [7, 11) is 6.09. The molecule has 14 nitrogen and oxygen atoms in total. The standard InChI is InChI=1S/C46H56N4O10/c1-8-42-16-12-18-49-19-17-44(37(42)49)30-21-31(34(56-5)22-33(30)48(4)38(44)46(54,41(53)58-7)39(42)59-26(3)51)45(40(52)57-6)23-27-24-50(55,25-43(9-2)36(27)60-43)20-15-29-28-13-10-11-14-32(28)47-35(29)45/h10-14,16,21-22,27,36-39,47,54H,8-9,15,17-20,23-25H2,1-7H3/t27?,36?,37?,38?,39-,42-,43?,44-,45-,46+,50?/m0/s1. The molecule has 6 aliphatic heterocycles. The van der Waals surface area contributed by atoms with E-state index in [1.807, 2.05) is 61.4 Å². The molecule has 10 rings (SSSR count). The molecule has 7 heterocycles. The van der Waals surface area contributed by atoms with E-state index in [4.69, 9.17) is 23.7 Å². The van der Waals surface area contributed by atoms with Crippen LogP contribution in [0.3, 0.4) is 0 Å². The normalized spacial score (nSPS) is 39.5. The number of rotatable bonds is 7. The zero-order chi connectivity index (χ0) is 42.4. The van der Waals surface area contributed by atoms with Gasteiger partial charge < -0.3 is 48.5 Å². The van der Waals surface area contributed by atoms with E-state index in [0.29, 0.717) is 75.4 Å². The second-order valence-electron chi connectivity index (χ2n) is 18.7. The quantitative estimate of drug-likeness (QED) is 0.0880. The molecule has 0 radical (unpaired) electrons. The highest BCUT2D eigenvalue weighted by molar-refractivity contribution is 5.95. The van der Waals surface area contributed by atoms with Crippen LogP contribution < -0.4 is 9.64 Å². The third kappa shape index (κ3) is 4.74. The summed E-state index contributed by atoms with van der Waals surface area (Å²) in [6, 6.07) is 10.7. The maximum absolute atomic E-state index is 15.4. The van der Waals surface area contributed by atoms with E-state index in [1.54, 1.807) is 7.11 Å². The molecular weight excluding hydrogens is 769 g/mol. The highest BCUT2D eigenvalue weighted by Crippen LogP contribution is 2.68. The number of nitrogens with one attached hydrogen (secondary N) is 1. The van der Waals surface area contributed by atoms with Crippen molar-refractivity contribution in [3.05, 3.63) is 76.1 Å². The van der Waals surface area contributed by atoms with E-state index >= 15 is 4.79 Å². The van der Waals surface area contributed by atoms with Crippen LogP contribution in [0.4, 0.5) is 5.69 Å². The number of H-pyrrole nitrogens is 1. The number of hydrogen-bond donors (Lipinski definition) is 2. The highest BCUT2D eigenvalue weighted by atomic mass is 16.6. The smallest absolute Gasteiger partial charge is 0.344 e. The molecule has 3 aromatic rings.